The van der Waals surface area contributed by atoms with Gasteiger partial charge in [0.15, 0.2) is 6.29 Å². The number of rotatable bonds is 15. The van der Waals surface area contributed by atoms with Crippen LogP contribution >= 0.6 is 59.4 Å². The number of aromatic nitrogens is 11. The summed E-state index contributed by atoms with van der Waals surface area (Å²) in [6.07, 6.45) is 18.9. The Balaban J connectivity index is 0.000000124. The molecule has 602 valence electrons. The number of piperazine rings is 4. The van der Waals surface area contributed by atoms with Crippen LogP contribution in [0, 0.1) is 13.8 Å². The summed E-state index contributed by atoms with van der Waals surface area (Å²) in [7, 11) is 4.46. The lowest BCUT2D eigenvalue weighted by Gasteiger charge is -2.56. The quantitative estimate of drug-likeness (QED) is 0.0548. The van der Waals surface area contributed by atoms with Gasteiger partial charge in [0, 0.05) is 206 Å². The smallest absolute Gasteiger partial charge is 0.481 e. The number of ether oxygens (including phenoxy) is 4. The van der Waals surface area contributed by atoms with E-state index in [1.165, 1.54) is 43.7 Å². The van der Waals surface area contributed by atoms with Crippen molar-refractivity contribution in [3.8, 4) is 17.6 Å². The molecule has 13 saturated heterocycles. The molecule has 8 atom stereocenters. The number of aryl methyl sites for hydroxylation is 2. The Bertz CT molecular complexity index is 4580. The Hall–Kier alpha value is -8.53. The van der Waals surface area contributed by atoms with Crippen molar-refractivity contribution in [3.05, 3.63) is 199 Å². The van der Waals surface area contributed by atoms with E-state index < -0.39 is 5.60 Å². The molecule has 8 bridgehead atoms. The summed E-state index contributed by atoms with van der Waals surface area (Å²) >= 11 is 16.0. The second-order valence-electron chi connectivity index (χ2n) is 32.0. The van der Waals surface area contributed by atoms with E-state index in [9.17, 15) is 9.59 Å². The fourth-order valence-corrected chi connectivity index (χ4v) is 16.4. The van der Waals surface area contributed by atoms with Crippen LogP contribution in [-0.2, 0) is 33.6 Å². The number of piperidine rings is 4. The molecule has 114 heavy (non-hydrogen) atoms. The highest BCUT2D eigenvalue weighted by Gasteiger charge is 2.53. The summed E-state index contributed by atoms with van der Waals surface area (Å²) in [5.74, 6) is 6.03. The minimum Gasteiger partial charge on any atom is -0.481 e. The average molecular weight is 1770 g/mol. The maximum atomic E-state index is 12.2. The van der Waals surface area contributed by atoms with Gasteiger partial charge in [0.1, 0.15) is 28.9 Å². The molecule has 1 amide bonds. The Kier molecular flexibility index (Phi) is 26.9. The van der Waals surface area contributed by atoms with Gasteiger partial charge in [-0.25, -0.2) is 49.7 Å². The highest BCUT2D eigenvalue weighted by molar-refractivity contribution is 9.11. The number of hydrogen-bond donors (Lipinski definition) is 2. The first-order chi connectivity index (χ1) is 54.6. The van der Waals surface area contributed by atoms with Crippen molar-refractivity contribution >= 4 is 108 Å². The summed E-state index contributed by atoms with van der Waals surface area (Å²) in [5, 5.41) is 10.8. The molecule has 32 heteroatoms. The van der Waals surface area contributed by atoms with Gasteiger partial charge in [-0.15, -0.1) is 0 Å². The Labute approximate surface area is 698 Å². The predicted octanol–water partition coefficient (Wildman–Crippen LogP) is 12.4. The minimum atomic E-state index is -0.437. The first-order valence-electron chi connectivity index (χ1n) is 38.5. The van der Waals surface area contributed by atoms with Gasteiger partial charge in [-0.3, -0.25) is 24.6 Å². The predicted molar refractivity (Wildman–Crippen MR) is 451 cm³/mol. The Morgan fingerprint density at radius 1 is 0.544 bits per heavy atom. The number of halogens is 4. The Morgan fingerprint density at radius 2 is 0.974 bits per heavy atom. The zero-order valence-electron chi connectivity index (χ0n) is 66.5. The van der Waals surface area contributed by atoms with Crippen LogP contribution in [0.3, 0.4) is 0 Å². The van der Waals surface area contributed by atoms with E-state index in [0.717, 1.165) is 143 Å². The number of methoxy groups -OCH3 is 3. The first-order valence-corrected chi connectivity index (χ1v) is 41.3. The van der Waals surface area contributed by atoms with E-state index in [4.69, 9.17) is 44.8 Å². The van der Waals surface area contributed by atoms with Crippen molar-refractivity contribution in [2.45, 2.75) is 173 Å². The van der Waals surface area contributed by atoms with Gasteiger partial charge in [0.05, 0.1) is 56.0 Å². The summed E-state index contributed by atoms with van der Waals surface area (Å²) in [4.78, 5) is 77.5. The molecule has 8 unspecified atom stereocenters. The number of nitrogens with zero attached hydrogens (tertiary/aromatic N) is 17. The molecule has 22 rings (SSSR count). The van der Waals surface area contributed by atoms with Crippen LogP contribution < -0.4 is 44.6 Å². The van der Waals surface area contributed by atoms with Crippen LogP contribution in [0.2, 0.25) is 5.28 Å². The molecular weight excluding hydrogens is 1670 g/mol. The molecule has 0 aliphatic carbocycles. The molecule has 27 nitrogen and oxygen atoms in total. The van der Waals surface area contributed by atoms with Gasteiger partial charge in [-0.05, 0) is 219 Å². The molecule has 0 spiro atoms. The second kappa shape index (κ2) is 36.7. The van der Waals surface area contributed by atoms with Crippen LogP contribution in [0.15, 0.2) is 154 Å². The highest BCUT2D eigenvalue weighted by Crippen LogP contribution is 2.40. The second-order valence-corrected chi connectivity index (χ2v) is 35.1. The van der Waals surface area contributed by atoms with E-state index in [-0.39, 0.29) is 41.8 Å². The van der Waals surface area contributed by atoms with Crippen LogP contribution in [0.4, 0.5) is 28.1 Å². The fraction of sp³-hybridized carbons (Fsp3) is 0.463. The summed E-state index contributed by atoms with van der Waals surface area (Å²) in [5.41, 5.74) is 6.65. The third-order valence-corrected chi connectivity index (χ3v) is 23.6. The SMILES string of the molecule is Brc1ccc(N2CC3CC(C2)N3)nc1.CC(C)(C)OC(=O)N1C2CC1CN(c1ccc(Br)cn1)C2.COc1ccc(C=O)cn1.COc1ccc(CN2C3CC2CN(c2ccc(B4OC(C)(C)C(C)(C)O4)cn2)C3)cn1.COc1ccc(CN2C3CC2CN(c2ccc(Br)cn2)C3)cn1.Cc1cc(Cc2cc(C)[nH]n2)nc(Cl)n1. The zero-order valence-corrected chi connectivity index (χ0v) is 72.1. The highest BCUT2D eigenvalue weighted by atomic mass is 79.9. The number of amides is 1. The number of aromatic amines is 1. The third kappa shape index (κ3) is 21.2. The first kappa shape index (κ1) is 83.4. The van der Waals surface area contributed by atoms with Crippen molar-refractivity contribution in [1.82, 2.24) is 75.1 Å². The molecule has 0 radical (unpaired) electrons. The molecule has 9 aromatic heterocycles. The molecule has 9 aromatic rings. The number of carbonyl (C=O) groups is 2. The van der Waals surface area contributed by atoms with E-state index in [1.807, 2.05) is 107 Å². The number of carbonyl (C=O) groups excluding carboxylic acids is 2. The number of pyridine rings is 7. The molecule has 13 fully saturated rings. The lowest BCUT2D eigenvalue weighted by atomic mass is 9.80. The van der Waals surface area contributed by atoms with E-state index >= 15 is 0 Å². The van der Waals surface area contributed by atoms with Gasteiger partial charge in [0.2, 0.25) is 22.9 Å². The summed E-state index contributed by atoms with van der Waals surface area (Å²) < 4.78 is 35.9. The number of fused-ring (bicyclic) bond motifs is 8. The molecule has 22 heterocycles. The van der Waals surface area contributed by atoms with Gasteiger partial charge in [-0.1, -0.05) is 18.2 Å². The molecular formula is C82H100BBr3ClN19O8. The number of hydrogen-bond acceptors (Lipinski definition) is 25. The summed E-state index contributed by atoms with van der Waals surface area (Å²) in [6.45, 7) is 27.7. The average Bonchev–Trinajstić information content (AvgIpc) is 0.787. The minimum absolute atomic E-state index is 0.188. The third-order valence-electron chi connectivity index (χ3n) is 22.0. The lowest BCUT2D eigenvalue weighted by molar-refractivity contribution is -0.0380. The number of nitrogens with one attached hydrogen (secondary N) is 2. The van der Waals surface area contributed by atoms with Crippen LogP contribution in [0.1, 0.15) is 118 Å². The van der Waals surface area contributed by atoms with Crippen molar-refractivity contribution in [2.75, 3.05) is 93.3 Å². The molecule has 2 N–H and O–H groups in total. The van der Waals surface area contributed by atoms with Gasteiger partial charge in [-0.2, -0.15) is 5.10 Å². The number of anilines is 4. The van der Waals surface area contributed by atoms with E-state index in [0.29, 0.717) is 65.9 Å². The molecule has 0 saturated carbocycles. The number of aldehydes is 1. The topological polar surface area (TPSA) is 269 Å². The lowest BCUT2D eigenvalue weighted by Crippen LogP contribution is -2.70. The van der Waals surface area contributed by atoms with Crippen molar-refractivity contribution in [1.29, 1.82) is 0 Å². The van der Waals surface area contributed by atoms with E-state index in [2.05, 4.69) is 209 Å². The molecule has 13 aliphatic heterocycles. The van der Waals surface area contributed by atoms with Gasteiger partial charge >= 0.3 is 13.2 Å². The van der Waals surface area contributed by atoms with Gasteiger partial charge < -0.3 is 53.2 Å². The van der Waals surface area contributed by atoms with Crippen LogP contribution in [-0.4, -0.2) is 228 Å². The van der Waals surface area contributed by atoms with Crippen molar-refractivity contribution < 1.29 is 37.8 Å². The summed E-state index contributed by atoms with van der Waals surface area (Å²) in [6, 6.07) is 36.0. The van der Waals surface area contributed by atoms with Crippen LogP contribution in [0.25, 0.3) is 0 Å². The van der Waals surface area contributed by atoms with Gasteiger partial charge in [0.25, 0.3) is 0 Å². The molecule has 13 aliphatic rings. The zero-order chi connectivity index (χ0) is 80.6. The molecule has 0 aromatic carbocycles. The largest absolute Gasteiger partial charge is 0.496 e. The Morgan fingerprint density at radius 3 is 1.34 bits per heavy atom. The maximum absolute atomic E-state index is 12.2. The van der Waals surface area contributed by atoms with E-state index in [1.54, 1.807) is 32.5 Å². The fourth-order valence-electron chi connectivity index (χ4n) is 15.4. The van der Waals surface area contributed by atoms with Crippen LogP contribution in [0.5, 0.6) is 17.6 Å². The standard InChI is InChI=1S/C23H31BN4O3.C17H19BrN4O.C15H20BrN3O2.C10H12BrN3.C10H11ClN4.C7H7NO2/c1-22(2)23(3,4)31-24(30-22)17-7-8-20(25-12-17)27-14-18-10-19(15-27)28(18)13-16-6-9-21(29-5)26-11-16;1-23-17-5-2-12(7-20-17)9-22-14-6-15(22)11-21(10-14)16-4-3-13(18)8-19-16;1-15(2,3)21-14(20)19-11-6-12(19)9-18(8-11)13-5-4-10(16)7-17-13;11-7-1-2-10(12-4-7)14-5-8-3-9(6-14)13-8;1-6-3-8(13-10(11)12-6)5-9-4-7(2)14-15-9;1-10-7-3-2-6(5-9)4-8-7/h6-9,11-12,18-19H,10,13-15H2,1-5H3;2-5,7-8,14-15H,6,9-11H2,1H3;4-5,7,11-12H,6,8-9H2,1-3H3;1-2,4,8-9,13H,3,5-6H2;3-4H,5H2,1-2H3,(H,14,15);2-5H,1H3. The number of H-pyrrole nitrogens is 1. The maximum Gasteiger partial charge on any atom is 0.496 e. The van der Waals surface area contributed by atoms with Crippen molar-refractivity contribution in [3.63, 3.8) is 0 Å². The normalized spacial score (nSPS) is 22.4. The van der Waals surface area contributed by atoms with Crippen molar-refractivity contribution in [2.24, 2.45) is 0 Å². The monoisotopic (exact) mass is 1760 g/mol.